The van der Waals surface area contributed by atoms with Crippen molar-refractivity contribution in [3.8, 4) is 11.5 Å². The number of nitrogens with zero attached hydrogens (tertiary/aromatic N) is 4. The number of hydrogen-bond acceptors (Lipinski definition) is 7. The lowest BCUT2D eigenvalue weighted by molar-refractivity contribution is -0.132. The number of rotatable bonds is 7. The number of methoxy groups -OCH3 is 1. The molecule has 144 valence electrons. The molecule has 0 aliphatic carbocycles. The molecule has 1 atom stereocenters. The first-order chi connectivity index (χ1) is 13.0. The Morgan fingerprint density at radius 2 is 2.19 bits per heavy atom. The predicted octanol–water partition coefficient (Wildman–Crippen LogP) is 1.18. The van der Waals surface area contributed by atoms with E-state index < -0.39 is 0 Å². The van der Waals surface area contributed by atoms with Crippen LogP contribution in [-0.4, -0.2) is 65.6 Å². The number of benzene rings is 1. The maximum Gasteiger partial charge on any atom is 0.260 e. The van der Waals surface area contributed by atoms with Gasteiger partial charge in [0, 0.05) is 31.4 Å². The second-order valence-corrected chi connectivity index (χ2v) is 6.56. The highest BCUT2D eigenvalue weighted by atomic mass is 16.5. The van der Waals surface area contributed by atoms with E-state index in [1.807, 2.05) is 30.1 Å². The zero-order chi connectivity index (χ0) is 19.2. The Balaban J connectivity index is 1.48. The summed E-state index contributed by atoms with van der Waals surface area (Å²) in [5.74, 6) is 2.45. The standard InChI is InChI=1S/C19H25N5O3/c1-23(12-18-21-8-6-17(20)22-18)14-7-9-24(11-14)19(25)13-27-16-5-3-4-15(10-16)26-2/h3-6,8,10,14H,7,9,11-13H2,1-2H3,(H2,20,21,22). The summed E-state index contributed by atoms with van der Waals surface area (Å²) in [6, 6.07) is 9.16. The number of carbonyl (C=O) groups excluding carboxylic acids is 1. The molecule has 2 heterocycles. The molecule has 0 radical (unpaired) electrons. The smallest absolute Gasteiger partial charge is 0.260 e. The maximum absolute atomic E-state index is 12.5. The number of nitrogens with two attached hydrogens (primary N) is 1. The van der Waals surface area contributed by atoms with Crippen molar-refractivity contribution in [2.75, 3.05) is 39.6 Å². The second-order valence-electron chi connectivity index (χ2n) is 6.56. The van der Waals surface area contributed by atoms with Gasteiger partial charge >= 0.3 is 0 Å². The Morgan fingerprint density at radius 1 is 1.37 bits per heavy atom. The van der Waals surface area contributed by atoms with Crippen LogP contribution < -0.4 is 15.2 Å². The molecule has 8 heteroatoms. The highest BCUT2D eigenvalue weighted by Crippen LogP contribution is 2.20. The lowest BCUT2D eigenvalue weighted by atomic mass is 10.2. The molecule has 27 heavy (non-hydrogen) atoms. The van der Waals surface area contributed by atoms with E-state index in [9.17, 15) is 4.79 Å². The summed E-state index contributed by atoms with van der Waals surface area (Å²) in [4.78, 5) is 24.9. The minimum Gasteiger partial charge on any atom is -0.497 e. The molecule has 0 saturated carbocycles. The molecule has 1 fully saturated rings. The Morgan fingerprint density at radius 3 is 2.96 bits per heavy atom. The molecule has 1 saturated heterocycles. The van der Waals surface area contributed by atoms with E-state index >= 15 is 0 Å². The molecule has 1 aliphatic heterocycles. The average Bonchev–Trinajstić information content (AvgIpc) is 3.17. The maximum atomic E-state index is 12.5. The molecular weight excluding hydrogens is 346 g/mol. The monoisotopic (exact) mass is 371 g/mol. The Labute approximate surface area is 158 Å². The van der Waals surface area contributed by atoms with Crippen LogP contribution in [-0.2, 0) is 11.3 Å². The molecule has 1 aromatic carbocycles. The van der Waals surface area contributed by atoms with Gasteiger partial charge < -0.3 is 20.1 Å². The van der Waals surface area contributed by atoms with Crippen molar-refractivity contribution in [2.45, 2.75) is 19.0 Å². The Kier molecular flexibility index (Phi) is 6.08. The van der Waals surface area contributed by atoms with Crippen molar-refractivity contribution in [3.05, 3.63) is 42.4 Å². The van der Waals surface area contributed by atoms with Crippen LogP contribution >= 0.6 is 0 Å². The molecule has 1 amide bonds. The third kappa shape index (κ3) is 5.07. The summed E-state index contributed by atoms with van der Waals surface area (Å²) in [6.45, 7) is 1.99. The normalized spacial score (nSPS) is 16.6. The highest BCUT2D eigenvalue weighted by molar-refractivity contribution is 5.78. The first kappa shape index (κ1) is 18.9. The van der Waals surface area contributed by atoms with Crippen LogP contribution in [0.2, 0.25) is 0 Å². The largest absolute Gasteiger partial charge is 0.497 e. The van der Waals surface area contributed by atoms with E-state index in [1.54, 1.807) is 25.4 Å². The zero-order valence-electron chi connectivity index (χ0n) is 15.7. The van der Waals surface area contributed by atoms with E-state index in [4.69, 9.17) is 15.2 Å². The molecule has 1 aromatic heterocycles. The van der Waals surface area contributed by atoms with Crippen molar-refractivity contribution in [3.63, 3.8) is 0 Å². The first-order valence-electron chi connectivity index (χ1n) is 8.87. The molecule has 2 N–H and O–H groups in total. The third-order valence-corrected chi connectivity index (χ3v) is 4.66. The van der Waals surface area contributed by atoms with Crippen molar-refractivity contribution in [2.24, 2.45) is 0 Å². The number of anilines is 1. The summed E-state index contributed by atoms with van der Waals surface area (Å²) < 4.78 is 10.8. The van der Waals surface area contributed by atoms with E-state index in [1.165, 1.54) is 0 Å². The molecular formula is C19H25N5O3. The van der Waals surface area contributed by atoms with Crippen LogP contribution in [0.15, 0.2) is 36.5 Å². The number of ether oxygens (including phenoxy) is 2. The lowest BCUT2D eigenvalue weighted by Crippen LogP contribution is -2.38. The number of likely N-dealkylation sites (N-methyl/N-ethyl adjacent to an activating group) is 1. The van der Waals surface area contributed by atoms with Gasteiger partial charge in [-0.2, -0.15) is 0 Å². The van der Waals surface area contributed by atoms with Gasteiger partial charge in [-0.05, 0) is 31.7 Å². The van der Waals surface area contributed by atoms with Crippen LogP contribution in [0.5, 0.6) is 11.5 Å². The highest BCUT2D eigenvalue weighted by Gasteiger charge is 2.29. The van der Waals surface area contributed by atoms with Gasteiger partial charge in [0.1, 0.15) is 23.1 Å². The fourth-order valence-electron chi connectivity index (χ4n) is 3.10. The average molecular weight is 371 g/mol. The number of carbonyl (C=O) groups is 1. The molecule has 0 spiro atoms. The van der Waals surface area contributed by atoms with Gasteiger partial charge in [-0.15, -0.1) is 0 Å². The topological polar surface area (TPSA) is 93.8 Å². The third-order valence-electron chi connectivity index (χ3n) is 4.66. The molecule has 2 aromatic rings. The van der Waals surface area contributed by atoms with E-state index in [-0.39, 0.29) is 18.6 Å². The first-order valence-corrected chi connectivity index (χ1v) is 8.87. The fraction of sp³-hybridized carbons (Fsp3) is 0.421. The van der Waals surface area contributed by atoms with Crippen molar-refractivity contribution < 1.29 is 14.3 Å². The molecule has 3 rings (SSSR count). The van der Waals surface area contributed by atoms with Gasteiger partial charge in [-0.3, -0.25) is 9.69 Å². The summed E-state index contributed by atoms with van der Waals surface area (Å²) >= 11 is 0. The molecule has 8 nitrogen and oxygen atoms in total. The summed E-state index contributed by atoms with van der Waals surface area (Å²) in [5.41, 5.74) is 5.70. The number of amides is 1. The van der Waals surface area contributed by atoms with E-state index in [0.717, 1.165) is 6.42 Å². The zero-order valence-corrected chi connectivity index (χ0v) is 15.7. The number of aromatic nitrogens is 2. The van der Waals surface area contributed by atoms with Crippen LogP contribution in [0.1, 0.15) is 12.2 Å². The summed E-state index contributed by atoms with van der Waals surface area (Å²) in [7, 11) is 3.61. The fourth-order valence-corrected chi connectivity index (χ4v) is 3.10. The van der Waals surface area contributed by atoms with Gasteiger partial charge in [0.15, 0.2) is 6.61 Å². The number of hydrogen-bond donors (Lipinski definition) is 1. The summed E-state index contributed by atoms with van der Waals surface area (Å²) in [6.07, 6.45) is 2.57. The molecule has 0 bridgehead atoms. The van der Waals surface area contributed by atoms with Crippen LogP contribution in [0.3, 0.4) is 0 Å². The van der Waals surface area contributed by atoms with Crippen LogP contribution in [0, 0.1) is 0 Å². The molecule has 1 unspecified atom stereocenters. The minimum absolute atomic E-state index is 0.0158. The van der Waals surface area contributed by atoms with Gasteiger partial charge in [-0.25, -0.2) is 9.97 Å². The Hall–Kier alpha value is -2.87. The molecule has 1 aliphatic rings. The number of nitrogen functional groups attached to an aromatic ring is 1. The van der Waals surface area contributed by atoms with E-state index in [2.05, 4.69) is 14.9 Å². The van der Waals surface area contributed by atoms with Gasteiger partial charge in [0.05, 0.1) is 13.7 Å². The lowest BCUT2D eigenvalue weighted by Gasteiger charge is -2.24. The SMILES string of the molecule is COc1cccc(OCC(=O)N2CCC(N(C)Cc3nccc(N)n3)C2)c1. The quantitative estimate of drug-likeness (QED) is 0.781. The van der Waals surface area contributed by atoms with Crippen molar-refractivity contribution in [1.29, 1.82) is 0 Å². The van der Waals surface area contributed by atoms with Crippen molar-refractivity contribution >= 4 is 11.7 Å². The number of likely N-dealkylation sites (tertiary alicyclic amines) is 1. The van der Waals surface area contributed by atoms with Gasteiger partial charge in [0.25, 0.3) is 5.91 Å². The van der Waals surface area contributed by atoms with Crippen molar-refractivity contribution in [1.82, 2.24) is 19.8 Å². The predicted molar refractivity (Wildman–Crippen MR) is 101 cm³/mol. The van der Waals surface area contributed by atoms with Gasteiger partial charge in [0.2, 0.25) is 0 Å². The minimum atomic E-state index is -0.0195. The van der Waals surface area contributed by atoms with E-state index in [0.29, 0.717) is 42.8 Å². The van der Waals surface area contributed by atoms with Gasteiger partial charge in [-0.1, -0.05) is 6.07 Å². The second kappa shape index (κ2) is 8.68. The van der Waals surface area contributed by atoms with Crippen LogP contribution in [0.4, 0.5) is 5.82 Å². The van der Waals surface area contributed by atoms with Crippen LogP contribution in [0.25, 0.3) is 0 Å². The Bertz CT molecular complexity index is 785. The summed E-state index contributed by atoms with van der Waals surface area (Å²) in [5, 5.41) is 0.